The molecule has 0 atom stereocenters. The first-order valence-corrected chi connectivity index (χ1v) is 9.31. The lowest BCUT2D eigenvalue weighted by Crippen LogP contribution is -2.25. The fourth-order valence-corrected chi connectivity index (χ4v) is 3.62. The van der Waals surface area contributed by atoms with E-state index >= 15 is 0 Å². The van der Waals surface area contributed by atoms with Gasteiger partial charge in [0.15, 0.2) is 0 Å². The SMILES string of the molecule is CCc1nccn1CCCNC(=O)c1sc(C)nc1-c1ccccc1. The number of hydrogen-bond acceptors (Lipinski definition) is 4. The van der Waals surface area contributed by atoms with Crippen LogP contribution in [-0.4, -0.2) is 27.0 Å². The van der Waals surface area contributed by atoms with Gasteiger partial charge in [0, 0.05) is 37.5 Å². The number of hydrogen-bond donors (Lipinski definition) is 1. The Hall–Kier alpha value is -2.47. The second-order valence-corrected chi connectivity index (χ2v) is 6.98. The summed E-state index contributed by atoms with van der Waals surface area (Å²) in [6.07, 6.45) is 5.60. The summed E-state index contributed by atoms with van der Waals surface area (Å²) in [4.78, 5) is 22.1. The summed E-state index contributed by atoms with van der Waals surface area (Å²) < 4.78 is 2.14. The molecule has 5 nitrogen and oxygen atoms in total. The molecule has 0 radical (unpaired) electrons. The zero-order chi connectivity index (χ0) is 17.6. The third kappa shape index (κ3) is 4.14. The van der Waals surface area contributed by atoms with Gasteiger partial charge in [-0.05, 0) is 13.3 Å². The number of carbonyl (C=O) groups excluding carboxylic acids is 1. The first-order chi connectivity index (χ1) is 12.2. The number of aromatic nitrogens is 3. The Kier molecular flexibility index (Phi) is 5.60. The van der Waals surface area contributed by atoms with Gasteiger partial charge in [-0.25, -0.2) is 9.97 Å². The second kappa shape index (κ2) is 8.07. The van der Waals surface area contributed by atoms with Crippen LogP contribution in [0.3, 0.4) is 0 Å². The third-order valence-corrected chi connectivity index (χ3v) is 4.94. The van der Waals surface area contributed by atoms with Gasteiger partial charge in [0.2, 0.25) is 0 Å². The van der Waals surface area contributed by atoms with Crippen LogP contribution in [0.15, 0.2) is 42.7 Å². The monoisotopic (exact) mass is 354 g/mol. The zero-order valence-electron chi connectivity index (χ0n) is 14.5. The molecule has 0 saturated heterocycles. The van der Waals surface area contributed by atoms with Gasteiger partial charge in [0.25, 0.3) is 5.91 Å². The summed E-state index contributed by atoms with van der Waals surface area (Å²) in [7, 11) is 0. The summed E-state index contributed by atoms with van der Waals surface area (Å²) in [6, 6.07) is 9.85. The summed E-state index contributed by atoms with van der Waals surface area (Å²) in [6.45, 7) is 5.51. The van der Waals surface area contributed by atoms with Crippen molar-refractivity contribution < 1.29 is 4.79 Å². The molecule has 1 N–H and O–H groups in total. The lowest BCUT2D eigenvalue weighted by atomic mass is 10.1. The Bertz CT molecular complexity index is 838. The van der Waals surface area contributed by atoms with Crippen LogP contribution in [0.5, 0.6) is 0 Å². The largest absolute Gasteiger partial charge is 0.351 e. The average molecular weight is 354 g/mol. The van der Waals surface area contributed by atoms with Crippen molar-refractivity contribution in [3.63, 3.8) is 0 Å². The molecule has 3 aromatic rings. The number of nitrogens with one attached hydrogen (secondary N) is 1. The van der Waals surface area contributed by atoms with Crippen molar-refractivity contribution >= 4 is 17.2 Å². The molecule has 0 bridgehead atoms. The molecule has 0 spiro atoms. The summed E-state index contributed by atoms with van der Waals surface area (Å²) >= 11 is 1.44. The van der Waals surface area contributed by atoms with E-state index in [1.54, 1.807) is 0 Å². The maximum atomic E-state index is 12.6. The Morgan fingerprint density at radius 1 is 1.28 bits per heavy atom. The van der Waals surface area contributed by atoms with E-state index in [4.69, 9.17) is 0 Å². The number of aryl methyl sites for hydroxylation is 3. The van der Waals surface area contributed by atoms with Crippen LogP contribution in [0.25, 0.3) is 11.3 Å². The van der Waals surface area contributed by atoms with E-state index in [2.05, 4.69) is 26.8 Å². The number of amides is 1. The van der Waals surface area contributed by atoms with Gasteiger partial charge in [-0.15, -0.1) is 11.3 Å². The highest BCUT2D eigenvalue weighted by molar-refractivity contribution is 7.14. The van der Waals surface area contributed by atoms with Crippen molar-refractivity contribution in [2.45, 2.75) is 33.2 Å². The normalized spacial score (nSPS) is 10.8. The van der Waals surface area contributed by atoms with Crippen LogP contribution in [0.4, 0.5) is 0 Å². The van der Waals surface area contributed by atoms with E-state index in [1.807, 2.05) is 49.6 Å². The van der Waals surface area contributed by atoms with Gasteiger partial charge in [0.1, 0.15) is 10.7 Å². The van der Waals surface area contributed by atoms with Crippen molar-refractivity contribution in [2.75, 3.05) is 6.54 Å². The van der Waals surface area contributed by atoms with Gasteiger partial charge in [-0.2, -0.15) is 0 Å². The molecule has 2 aromatic heterocycles. The molecule has 3 rings (SSSR count). The highest BCUT2D eigenvalue weighted by atomic mass is 32.1. The Morgan fingerprint density at radius 3 is 2.84 bits per heavy atom. The molecule has 0 aliphatic heterocycles. The van der Waals surface area contributed by atoms with E-state index in [0.717, 1.165) is 41.5 Å². The van der Waals surface area contributed by atoms with Crippen molar-refractivity contribution in [1.29, 1.82) is 0 Å². The molecule has 2 heterocycles. The van der Waals surface area contributed by atoms with Gasteiger partial charge in [0.05, 0.1) is 10.7 Å². The Balaban J connectivity index is 1.60. The van der Waals surface area contributed by atoms with Gasteiger partial charge in [-0.3, -0.25) is 4.79 Å². The standard InChI is InChI=1S/C19H22N4OS/c1-3-16-20-11-13-23(16)12-7-10-21-19(24)18-17(22-14(2)25-18)15-8-5-4-6-9-15/h4-6,8-9,11,13H,3,7,10,12H2,1-2H3,(H,21,24). The quantitative estimate of drug-likeness (QED) is 0.658. The minimum atomic E-state index is -0.0502. The maximum Gasteiger partial charge on any atom is 0.263 e. The number of carbonyl (C=O) groups is 1. The molecular formula is C19H22N4OS. The van der Waals surface area contributed by atoms with E-state index in [0.29, 0.717) is 11.4 Å². The first kappa shape index (κ1) is 17.4. The Labute approximate surface area is 151 Å². The van der Waals surface area contributed by atoms with Crippen LogP contribution in [0, 0.1) is 6.92 Å². The maximum absolute atomic E-state index is 12.6. The van der Waals surface area contributed by atoms with E-state index in [-0.39, 0.29) is 5.91 Å². The van der Waals surface area contributed by atoms with Crippen molar-refractivity contribution in [1.82, 2.24) is 19.9 Å². The number of benzene rings is 1. The van der Waals surface area contributed by atoms with Crippen molar-refractivity contribution in [3.05, 3.63) is 58.4 Å². The summed E-state index contributed by atoms with van der Waals surface area (Å²) in [5.41, 5.74) is 1.74. The highest BCUT2D eigenvalue weighted by Crippen LogP contribution is 2.27. The molecule has 130 valence electrons. The molecule has 0 aliphatic rings. The minimum absolute atomic E-state index is 0.0502. The van der Waals surface area contributed by atoms with E-state index < -0.39 is 0 Å². The lowest BCUT2D eigenvalue weighted by Gasteiger charge is -2.08. The predicted octanol–water partition coefficient (Wildman–Crippen LogP) is 3.70. The molecule has 1 aromatic carbocycles. The predicted molar refractivity (Wildman–Crippen MR) is 101 cm³/mol. The van der Waals surface area contributed by atoms with Gasteiger partial charge >= 0.3 is 0 Å². The van der Waals surface area contributed by atoms with Gasteiger partial charge < -0.3 is 9.88 Å². The van der Waals surface area contributed by atoms with Crippen LogP contribution in [-0.2, 0) is 13.0 Å². The summed E-state index contributed by atoms with van der Waals surface area (Å²) in [5.74, 6) is 1.03. The zero-order valence-corrected chi connectivity index (χ0v) is 15.3. The van der Waals surface area contributed by atoms with Crippen LogP contribution in [0.1, 0.15) is 33.8 Å². The number of rotatable bonds is 7. The smallest absolute Gasteiger partial charge is 0.263 e. The molecule has 0 saturated carbocycles. The number of nitrogens with zero attached hydrogens (tertiary/aromatic N) is 3. The molecule has 25 heavy (non-hydrogen) atoms. The van der Waals surface area contributed by atoms with E-state index in [1.165, 1.54) is 11.3 Å². The molecular weight excluding hydrogens is 332 g/mol. The Morgan fingerprint density at radius 2 is 2.08 bits per heavy atom. The fourth-order valence-electron chi connectivity index (χ4n) is 2.76. The highest BCUT2D eigenvalue weighted by Gasteiger charge is 2.17. The molecule has 0 aliphatic carbocycles. The third-order valence-electron chi connectivity index (χ3n) is 3.97. The van der Waals surface area contributed by atoms with Crippen molar-refractivity contribution in [3.8, 4) is 11.3 Å². The fraction of sp³-hybridized carbons (Fsp3) is 0.316. The topological polar surface area (TPSA) is 59.8 Å². The van der Waals surface area contributed by atoms with Crippen molar-refractivity contribution in [2.24, 2.45) is 0 Å². The minimum Gasteiger partial charge on any atom is -0.351 e. The number of thiazole rings is 1. The summed E-state index contributed by atoms with van der Waals surface area (Å²) in [5, 5.41) is 3.92. The molecule has 0 unspecified atom stereocenters. The number of imidazole rings is 1. The second-order valence-electron chi connectivity index (χ2n) is 5.78. The van der Waals surface area contributed by atoms with Crippen LogP contribution in [0.2, 0.25) is 0 Å². The molecule has 6 heteroatoms. The van der Waals surface area contributed by atoms with Crippen LogP contribution < -0.4 is 5.32 Å². The molecule has 1 amide bonds. The lowest BCUT2D eigenvalue weighted by molar-refractivity contribution is 0.0957. The molecule has 0 fully saturated rings. The average Bonchev–Trinajstić information content (AvgIpc) is 3.25. The van der Waals surface area contributed by atoms with E-state index in [9.17, 15) is 4.79 Å². The van der Waals surface area contributed by atoms with Gasteiger partial charge in [-0.1, -0.05) is 37.3 Å². The first-order valence-electron chi connectivity index (χ1n) is 8.50. The van der Waals surface area contributed by atoms with Crippen LogP contribution >= 0.6 is 11.3 Å².